The summed E-state index contributed by atoms with van der Waals surface area (Å²) in [5, 5.41) is 0. The molecule has 0 aliphatic heterocycles. The van der Waals surface area contributed by atoms with Gasteiger partial charge in [-0.1, -0.05) is 40.9 Å². The van der Waals surface area contributed by atoms with E-state index in [1.165, 1.54) is 12.8 Å². The van der Waals surface area contributed by atoms with Gasteiger partial charge in [-0.3, -0.25) is 4.79 Å². The molecule has 3 nitrogen and oxygen atoms in total. The van der Waals surface area contributed by atoms with Crippen LogP contribution in [0.3, 0.4) is 0 Å². The van der Waals surface area contributed by atoms with Crippen molar-refractivity contribution in [1.29, 1.82) is 0 Å². The highest BCUT2D eigenvalue weighted by Crippen LogP contribution is 2.47. The molecule has 1 aromatic rings. The fourth-order valence-corrected chi connectivity index (χ4v) is 3.65. The van der Waals surface area contributed by atoms with Gasteiger partial charge in [-0.25, -0.2) is 0 Å². The molecule has 21 heavy (non-hydrogen) atoms. The molecule has 2 N–H and O–H groups in total. The highest BCUT2D eigenvalue weighted by Gasteiger charge is 2.38. The van der Waals surface area contributed by atoms with Crippen molar-refractivity contribution in [3.63, 3.8) is 0 Å². The fraction of sp³-hybridized carbons (Fsp3) is 0.588. The van der Waals surface area contributed by atoms with E-state index in [2.05, 4.69) is 28.1 Å². The van der Waals surface area contributed by atoms with Crippen LogP contribution in [0.5, 0.6) is 0 Å². The Morgan fingerprint density at radius 1 is 1.33 bits per heavy atom. The number of carbonyl (C=O) groups is 1. The van der Waals surface area contributed by atoms with E-state index in [1.54, 1.807) is 0 Å². The van der Waals surface area contributed by atoms with E-state index in [1.807, 2.05) is 19.1 Å². The molecule has 1 fully saturated rings. The van der Waals surface area contributed by atoms with Crippen LogP contribution in [0.25, 0.3) is 0 Å². The minimum Gasteiger partial charge on any atom is -0.466 e. The van der Waals surface area contributed by atoms with Crippen molar-refractivity contribution in [2.45, 2.75) is 51.5 Å². The third-order valence-corrected chi connectivity index (χ3v) is 4.97. The Labute approximate surface area is 135 Å². The number of carbonyl (C=O) groups excluding carboxylic acids is 1. The molecule has 0 heterocycles. The van der Waals surface area contributed by atoms with Gasteiger partial charge in [0, 0.05) is 10.5 Å². The molecule has 0 bridgehead atoms. The van der Waals surface area contributed by atoms with Gasteiger partial charge in [0.25, 0.3) is 0 Å². The molecule has 1 aliphatic carbocycles. The Hall–Kier alpha value is -0.870. The lowest BCUT2D eigenvalue weighted by molar-refractivity contribution is -0.146. The Kier molecular flexibility index (Phi) is 5.82. The lowest BCUT2D eigenvalue weighted by atomic mass is 9.76. The second-order valence-corrected chi connectivity index (χ2v) is 6.97. The van der Waals surface area contributed by atoms with Gasteiger partial charge in [-0.2, -0.15) is 0 Å². The second-order valence-electron chi connectivity index (χ2n) is 6.05. The van der Waals surface area contributed by atoms with Gasteiger partial charge >= 0.3 is 5.97 Å². The predicted molar refractivity (Wildman–Crippen MR) is 87.8 cm³/mol. The third kappa shape index (κ3) is 4.55. The Morgan fingerprint density at radius 2 is 1.95 bits per heavy atom. The summed E-state index contributed by atoms with van der Waals surface area (Å²) in [6.45, 7) is 2.31. The van der Waals surface area contributed by atoms with Crippen LogP contribution in [-0.4, -0.2) is 12.6 Å². The lowest BCUT2D eigenvalue weighted by Crippen LogP contribution is -2.27. The maximum absolute atomic E-state index is 11.9. The number of halogens is 1. The van der Waals surface area contributed by atoms with Gasteiger partial charge in [0.15, 0.2) is 0 Å². The minimum atomic E-state index is -0.0811. The molecular formula is C17H24BrNO2. The summed E-state index contributed by atoms with van der Waals surface area (Å²) in [5.41, 5.74) is 7.55. The average Bonchev–Trinajstić information content (AvgIpc) is 2.87. The largest absolute Gasteiger partial charge is 0.466 e. The van der Waals surface area contributed by atoms with Crippen molar-refractivity contribution in [2.75, 3.05) is 6.61 Å². The molecule has 2 rings (SSSR count). The van der Waals surface area contributed by atoms with Crippen LogP contribution >= 0.6 is 15.9 Å². The second kappa shape index (κ2) is 7.41. The summed E-state index contributed by atoms with van der Waals surface area (Å²) in [4.78, 5) is 11.9. The molecule has 0 saturated heterocycles. The van der Waals surface area contributed by atoms with Gasteiger partial charge in [0.05, 0.1) is 13.0 Å². The summed E-state index contributed by atoms with van der Waals surface area (Å²) >= 11 is 3.44. The number of nitrogens with two attached hydrogens (primary N) is 1. The molecule has 0 aromatic heterocycles. The van der Waals surface area contributed by atoms with Gasteiger partial charge in [0.2, 0.25) is 0 Å². The van der Waals surface area contributed by atoms with Gasteiger partial charge < -0.3 is 10.5 Å². The number of hydrogen-bond acceptors (Lipinski definition) is 3. The summed E-state index contributed by atoms with van der Waals surface area (Å²) in [6.07, 6.45) is 5.89. The molecular weight excluding hydrogens is 330 g/mol. The molecule has 1 aliphatic rings. The first kappa shape index (κ1) is 16.5. The van der Waals surface area contributed by atoms with E-state index in [-0.39, 0.29) is 17.4 Å². The van der Waals surface area contributed by atoms with Crippen LogP contribution in [0.15, 0.2) is 28.7 Å². The van der Waals surface area contributed by atoms with E-state index in [9.17, 15) is 4.79 Å². The van der Waals surface area contributed by atoms with Crippen LogP contribution < -0.4 is 5.73 Å². The normalized spacial score (nSPS) is 18.4. The van der Waals surface area contributed by atoms with Crippen LogP contribution in [0.4, 0.5) is 0 Å². The highest BCUT2D eigenvalue weighted by atomic mass is 79.9. The van der Waals surface area contributed by atoms with Gasteiger partial charge in [-0.05, 0) is 49.3 Å². The molecule has 0 amide bonds. The molecule has 0 radical (unpaired) electrons. The van der Waals surface area contributed by atoms with Crippen molar-refractivity contribution in [2.24, 2.45) is 11.1 Å². The molecule has 116 valence electrons. The molecule has 1 aromatic carbocycles. The maximum atomic E-state index is 11.9. The van der Waals surface area contributed by atoms with Gasteiger partial charge in [-0.15, -0.1) is 0 Å². The van der Waals surface area contributed by atoms with E-state index in [4.69, 9.17) is 10.5 Å². The van der Waals surface area contributed by atoms with E-state index >= 15 is 0 Å². The first-order chi connectivity index (χ1) is 10.0. The average molecular weight is 354 g/mol. The zero-order valence-electron chi connectivity index (χ0n) is 12.6. The van der Waals surface area contributed by atoms with E-state index in [0.717, 1.165) is 29.3 Å². The molecule has 0 spiro atoms. The number of esters is 1. The quantitative estimate of drug-likeness (QED) is 0.773. The number of benzene rings is 1. The van der Waals surface area contributed by atoms with Crippen molar-refractivity contribution >= 4 is 21.9 Å². The standard InChI is InChI=1S/C17H24BrNO2/c1-2-21-16(20)12-17(9-3-4-10-17)11-15(19)13-5-7-14(18)8-6-13/h5-8,15H,2-4,9-12,19H2,1H3. The first-order valence-corrected chi connectivity index (χ1v) is 8.51. The van der Waals surface area contributed by atoms with E-state index < -0.39 is 0 Å². The van der Waals surface area contributed by atoms with Crippen LogP contribution in [0, 0.1) is 5.41 Å². The SMILES string of the molecule is CCOC(=O)CC1(CC(N)c2ccc(Br)cc2)CCCC1. The summed E-state index contributed by atoms with van der Waals surface area (Å²) in [5.74, 6) is -0.0811. The Balaban J connectivity index is 2.05. The van der Waals surface area contributed by atoms with Gasteiger partial charge in [0.1, 0.15) is 0 Å². The predicted octanol–water partition coefficient (Wildman–Crippen LogP) is 4.35. The van der Waals surface area contributed by atoms with Crippen molar-refractivity contribution in [3.05, 3.63) is 34.3 Å². The number of ether oxygens (including phenoxy) is 1. The Bertz CT molecular complexity index is 466. The summed E-state index contributed by atoms with van der Waals surface area (Å²) in [7, 11) is 0. The number of hydrogen-bond donors (Lipinski definition) is 1. The van der Waals surface area contributed by atoms with Crippen molar-refractivity contribution in [1.82, 2.24) is 0 Å². The summed E-state index contributed by atoms with van der Waals surface area (Å²) in [6, 6.07) is 8.12. The fourth-order valence-electron chi connectivity index (χ4n) is 3.39. The van der Waals surface area contributed by atoms with Crippen LogP contribution in [0.1, 0.15) is 57.1 Å². The molecule has 1 unspecified atom stereocenters. The first-order valence-electron chi connectivity index (χ1n) is 7.71. The third-order valence-electron chi connectivity index (χ3n) is 4.44. The zero-order valence-corrected chi connectivity index (χ0v) is 14.2. The smallest absolute Gasteiger partial charge is 0.306 e. The van der Waals surface area contributed by atoms with Crippen LogP contribution in [-0.2, 0) is 9.53 Å². The zero-order chi connectivity index (χ0) is 15.3. The van der Waals surface area contributed by atoms with Crippen LogP contribution in [0.2, 0.25) is 0 Å². The summed E-state index contributed by atoms with van der Waals surface area (Å²) < 4.78 is 6.20. The lowest BCUT2D eigenvalue weighted by Gasteiger charge is -2.31. The minimum absolute atomic E-state index is 0.0226. The Morgan fingerprint density at radius 3 is 2.52 bits per heavy atom. The number of rotatable bonds is 6. The molecule has 1 saturated carbocycles. The molecule has 1 atom stereocenters. The molecule has 4 heteroatoms. The van der Waals surface area contributed by atoms with E-state index in [0.29, 0.717) is 13.0 Å². The van der Waals surface area contributed by atoms with Crippen molar-refractivity contribution < 1.29 is 9.53 Å². The highest BCUT2D eigenvalue weighted by molar-refractivity contribution is 9.10. The maximum Gasteiger partial charge on any atom is 0.306 e. The van der Waals surface area contributed by atoms with Crippen molar-refractivity contribution in [3.8, 4) is 0 Å². The topological polar surface area (TPSA) is 52.3 Å². The monoisotopic (exact) mass is 353 g/mol.